The molecule has 1 N–H and O–H groups in total. The van der Waals surface area contributed by atoms with E-state index in [0.29, 0.717) is 43.9 Å². The number of ether oxygens (including phenoxy) is 2. The van der Waals surface area contributed by atoms with Gasteiger partial charge in [-0.1, -0.05) is 19.1 Å². The number of methoxy groups -OCH3 is 1. The van der Waals surface area contributed by atoms with E-state index in [1.807, 2.05) is 24.3 Å². The average Bonchev–Trinajstić information content (AvgIpc) is 3.55. The summed E-state index contributed by atoms with van der Waals surface area (Å²) in [6, 6.07) is 6.57. The van der Waals surface area contributed by atoms with Gasteiger partial charge in [0.25, 0.3) is 5.91 Å². The minimum atomic E-state index is -0.718. The molecule has 0 aliphatic carbocycles. The van der Waals surface area contributed by atoms with Crippen molar-refractivity contribution in [3.8, 4) is 5.75 Å². The summed E-state index contributed by atoms with van der Waals surface area (Å²) in [7, 11) is 1.59. The van der Waals surface area contributed by atoms with Gasteiger partial charge in [0.15, 0.2) is 0 Å². The van der Waals surface area contributed by atoms with Crippen LogP contribution in [0.3, 0.4) is 0 Å². The predicted molar refractivity (Wildman–Crippen MR) is 157 cm³/mol. The van der Waals surface area contributed by atoms with E-state index in [4.69, 9.17) is 9.47 Å². The second-order valence-corrected chi connectivity index (χ2v) is 12.5. The number of fused-ring (bicyclic) bond motifs is 1. The molecular weight excluding hydrogens is 528 g/mol. The largest absolute Gasteiger partial charge is 0.497 e. The first kappa shape index (κ1) is 30.2. The van der Waals surface area contributed by atoms with Gasteiger partial charge in [0.05, 0.1) is 30.3 Å². The standard InChI is InChI=1S/C31H42N2O6S/c1-5-7-11-19-39-30(37)25-24-20-21(3)31(40-24)26(25)28(35)33(17-9-8-10-18-34)27(31)29(36)32(16-6-2)22-12-14-23(38-4)15-13-22/h5-6,12-15,21,24-27,34H,1-2,7-11,16-20H2,3-4H3/t21?,24-,25+,26-,27?,31?/m0/s1. The van der Waals surface area contributed by atoms with Gasteiger partial charge >= 0.3 is 5.97 Å². The van der Waals surface area contributed by atoms with Crippen molar-refractivity contribution in [2.45, 2.75) is 61.5 Å². The number of allylic oxidation sites excluding steroid dienone is 1. The third kappa shape index (κ3) is 5.42. The predicted octanol–water partition coefficient (Wildman–Crippen LogP) is 4.22. The van der Waals surface area contributed by atoms with Crippen molar-refractivity contribution in [2.24, 2.45) is 17.8 Å². The minimum Gasteiger partial charge on any atom is -0.497 e. The number of benzene rings is 1. The lowest BCUT2D eigenvalue weighted by Gasteiger charge is -2.40. The van der Waals surface area contributed by atoms with Crippen LogP contribution in [0.25, 0.3) is 0 Å². The Hall–Kier alpha value is -2.78. The summed E-state index contributed by atoms with van der Waals surface area (Å²) in [6.07, 6.45) is 7.73. The fourth-order valence-electron chi connectivity index (χ4n) is 6.74. The highest BCUT2D eigenvalue weighted by Gasteiger charge is 2.76. The highest BCUT2D eigenvalue weighted by atomic mass is 32.2. The van der Waals surface area contributed by atoms with Gasteiger partial charge in [-0.05, 0) is 68.7 Å². The van der Waals surface area contributed by atoms with Gasteiger partial charge in [0, 0.05) is 30.6 Å². The number of unbranched alkanes of at least 4 members (excludes halogenated alkanes) is 3. The number of carbonyl (C=O) groups excluding carboxylic acids is 3. The van der Waals surface area contributed by atoms with Crippen molar-refractivity contribution in [1.82, 2.24) is 4.90 Å². The van der Waals surface area contributed by atoms with E-state index in [1.165, 1.54) is 0 Å². The monoisotopic (exact) mass is 570 g/mol. The molecule has 3 aliphatic heterocycles. The van der Waals surface area contributed by atoms with Crippen LogP contribution in [0.15, 0.2) is 49.6 Å². The number of esters is 1. The van der Waals surface area contributed by atoms with E-state index in [-0.39, 0.29) is 42.1 Å². The Kier molecular flexibility index (Phi) is 10.0. The van der Waals surface area contributed by atoms with Crippen LogP contribution < -0.4 is 9.64 Å². The van der Waals surface area contributed by atoms with Gasteiger partial charge in [-0.25, -0.2) is 0 Å². The van der Waals surface area contributed by atoms with Crippen LogP contribution in [0.5, 0.6) is 5.75 Å². The molecule has 8 nitrogen and oxygen atoms in total. The Morgan fingerprint density at radius 1 is 1.18 bits per heavy atom. The number of amides is 2. The molecule has 0 aromatic heterocycles. The molecule has 4 rings (SSSR count). The number of likely N-dealkylation sites (tertiary alicyclic amines) is 1. The topological polar surface area (TPSA) is 96.4 Å². The molecule has 6 atom stereocenters. The lowest BCUT2D eigenvalue weighted by atomic mass is 9.66. The van der Waals surface area contributed by atoms with E-state index in [1.54, 1.807) is 40.8 Å². The van der Waals surface area contributed by atoms with Gasteiger partial charge in [0.2, 0.25) is 5.91 Å². The maximum absolute atomic E-state index is 14.6. The van der Waals surface area contributed by atoms with Crippen LogP contribution in [-0.2, 0) is 19.1 Å². The van der Waals surface area contributed by atoms with Crippen molar-refractivity contribution >= 4 is 35.2 Å². The number of rotatable bonds is 15. The molecule has 40 heavy (non-hydrogen) atoms. The van der Waals surface area contributed by atoms with Crippen molar-refractivity contribution in [3.63, 3.8) is 0 Å². The number of carbonyl (C=O) groups is 3. The first-order valence-corrected chi connectivity index (χ1v) is 15.2. The first-order chi connectivity index (χ1) is 19.3. The van der Waals surface area contributed by atoms with Gasteiger partial charge in [-0.3, -0.25) is 14.4 Å². The molecule has 1 spiro atoms. The van der Waals surface area contributed by atoms with Crippen LogP contribution in [0.4, 0.5) is 5.69 Å². The number of nitrogens with zero attached hydrogens (tertiary/aromatic N) is 2. The molecule has 2 bridgehead atoms. The second-order valence-electron chi connectivity index (χ2n) is 10.9. The molecule has 3 heterocycles. The molecule has 3 unspecified atom stereocenters. The smallest absolute Gasteiger partial charge is 0.310 e. The van der Waals surface area contributed by atoms with E-state index in [2.05, 4.69) is 20.1 Å². The van der Waals surface area contributed by atoms with Gasteiger partial charge in [-0.15, -0.1) is 24.9 Å². The molecule has 1 aromatic rings. The van der Waals surface area contributed by atoms with Gasteiger partial charge in [0.1, 0.15) is 11.8 Å². The first-order valence-electron chi connectivity index (χ1n) is 14.3. The minimum absolute atomic E-state index is 0.0588. The zero-order valence-corrected chi connectivity index (χ0v) is 24.4. The molecule has 3 fully saturated rings. The van der Waals surface area contributed by atoms with E-state index in [0.717, 1.165) is 19.3 Å². The number of hydrogen-bond donors (Lipinski definition) is 1. The maximum atomic E-state index is 14.6. The summed E-state index contributed by atoms with van der Waals surface area (Å²) in [6.45, 7) is 10.8. The SMILES string of the molecule is C=CCCCOC(=O)[C@@H]1[C@@H]2CC(C)C3(S2)C(C(=O)N(CC=C)c2ccc(OC)cc2)N(CCCCCO)C(=O)[C@H]13. The zero-order valence-electron chi connectivity index (χ0n) is 23.6. The molecule has 9 heteroatoms. The third-order valence-corrected chi connectivity index (χ3v) is 10.6. The fourth-order valence-corrected chi connectivity index (χ4v) is 9.14. The summed E-state index contributed by atoms with van der Waals surface area (Å²) >= 11 is 1.65. The van der Waals surface area contributed by atoms with Crippen molar-refractivity contribution in [1.29, 1.82) is 0 Å². The summed E-state index contributed by atoms with van der Waals surface area (Å²) in [5, 5.41) is 9.22. The zero-order chi connectivity index (χ0) is 28.9. The van der Waals surface area contributed by atoms with Gasteiger partial charge in [-0.2, -0.15) is 0 Å². The third-order valence-electron chi connectivity index (χ3n) is 8.57. The Labute approximate surface area is 241 Å². The van der Waals surface area contributed by atoms with E-state index >= 15 is 0 Å². The molecule has 1 aromatic carbocycles. The average molecular weight is 571 g/mol. The number of anilines is 1. The Morgan fingerprint density at radius 2 is 1.93 bits per heavy atom. The molecule has 3 aliphatic rings. The highest BCUT2D eigenvalue weighted by molar-refractivity contribution is 8.02. The van der Waals surface area contributed by atoms with Crippen LogP contribution in [0.1, 0.15) is 45.4 Å². The van der Waals surface area contributed by atoms with Crippen molar-refractivity contribution < 1.29 is 29.0 Å². The second kappa shape index (κ2) is 13.3. The van der Waals surface area contributed by atoms with Crippen LogP contribution in [0, 0.1) is 17.8 Å². The Balaban J connectivity index is 1.70. The van der Waals surface area contributed by atoms with Crippen LogP contribution in [0.2, 0.25) is 0 Å². The fraction of sp³-hybridized carbons (Fsp3) is 0.581. The molecule has 3 saturated heterocycles. The quantitative estimate of drug-likeness (QED) is 0.192. The molecule has 0 saturated carbocycles. The molecule has 218 valence electrons. The normalized spacial score (nSPS) is 28.3. The number of aliphatic hydroxyl groups is 1. The van der Waals surface area contributed by atoms with Gasteiger partial charge < -0.3 is 24.4 Å². The van der Waals surface area contributed by atoms with Crippen LogP contribution in [-0.4, -0.2) is 77.2 Å². The van der Waals surface area contributed by atoms with Crippen LogP contribution >= 0.6 is 11.8 Å². The summed E-state index contributed by atoms with van der Waals surface area (Å²) < 4.78 is 10.3. The van der Waals surface area contributed by atoms with E-state index in [9.17, 15) is 19.5 Å². The number of hydrogen-bond acceptors (Lipinski definition) is 7. The number of thioether (sulfide) groups is 1. The summed E-state index contributed by atoms with van der Waals surface area (Å²) in [5.74, 6) is -1.05. The molecular formula is C31H42N2O6S. The highest BCUT2D eigenvalue weighted by Crippen LogP contribution is 2.68. The Morgan fingerprint density at radius 3 is 2.58 bits per heavy atom. The number of aliphatic hydroxyl groups excluding tert-OH is 1. The van der Waals surface area contributed by atoms with E-state index < -0.39 is 22.6 Å². The lowest BCUT2D eigenvalue weighted by molar-refractivity contribution is -0.154. The van der Waals surface area contributed by atoms with Crippen molar-refractivity contribution in [3.05, 3.63) is 49.6 Å². The summed E-state index contributed by atoms with van der Waals surface area (Å²) in [5.41, 5.74) is 0.696. The lowest BCUT2D eigenvalue weighted by Crippen LogP contribution is -2.57. The molecule has 0 radical (unpaired) electrons. The Bertz CT molecular complexity index is 1090. The van der Waals surface area contributed by atoms with Crippen molar-refractivity contribution in [2.75, 3.05) is 38.3 Å². The maximum Gasteiger partial charge on any atom is 0.310 e. The molecule has 2 amide bonds. The summed E-state index contributed by atoms with van der Waals surface area (Å²) in [4.78, 5) is 45.6.